The van der Waals surface area contributed by atoms with E-state index in [-0.39, 0.29) is 12.0 Å². The summed E-state index contributed by atoms with van der Waals surface area (Å²) in [7, 11) is 0. The van der Waals surface area contributed by atoms with Crippen LogP contribution in [0.2, 0.25) is 0 Å². The molecule has 1 unspecified atom stereocenters. The zero-order chi connectivity index (χ0) is 25.8. The summed E-state index contributed by atoms with van der Waals surface area (Å²) < 4.78 is 41.9. The highest BCUT2D eigenvalue weighted by Gasteiger charge is 2.40. The maximum absolute atomic E-state index is 13.7. The molecular weight excluding hydrogens is 531 g/mol. The summed E-state index contributed by atoms with van der Waals surface area (Å²) >= 11 is 3.38. The summed E-state index contributed by atoms with van der Waals surface area (Å²) in [6, 6.07) is 26.1. The maximum atomic E-state index is 13.7. The van der Waals surface area contributed by atoms with Crippen LogP contribution in [-0.4, -0.2) is 11.0 Å². The van der Waals surface area contributed by atoms with Crippen LogP contribution >= 0.6 is 15.9 Å². The summed E-state index contributed by atoms with van der Waals surface area (Å²) in [4.78, 5) is 18.0. The van der Waals surface area contributed by atoms with Gasteiger partial charge >= 0.3 is 12.2 Å². The van der Waals surface area contributed by atoms with Gasteiger partial charge in [0.05, 0.1) is 11.3 Å². The van der Waals surface area contributed by atoms with Crippen LogP contribution in [0.4, 0.5) is 23.7 Å². The van der Waals surface area contributed by atoms with Gasteiger partial charge in [-0.2, -0.15) is 13.2 Å². The molecule has 184 valence electrons. The van der Waals surface area contributed by atoms with Crippen molar-refractivity contribution in [3.63, 3.8) is 0 Å². The standard InChI is InChI=1S/C28H23BrF3N3O/c1-19-8-5-15-25(33-19)27(18-20-9-3-2-4-10-20,21-11-6-12-22(16-21)28(30,31)32)35-26(36)34-24-14-7-13-23(29)17-24/h2-17H,18H2,1H3,(H2,34,35,36). The Morgan fingerprint density at radius 3 is 2.25 bits per heavy atom. The van der Waals surface area contributed by atoms with Gasteiger partial charge in [-0.05, 0) is 60.5 Å². The van der Waals surface area contributed by atoms with E-state index in [2.05, 4.69) is 31.5 Å². The first-order chi connectivity index (χ1) is 17.2. The van der Waals surface area contributed by atoms with Crippen LogP contribution in [0, 0.1) is 6.92 Å². The number of pyridine rings is 1. The highest BCUT2D eigenvalue weighted by Crippen LogP contribution is 2.37. The lowest BCUT2D eigenvalue weighted by atomic mass is 9.80. The normalized spacial score (nSPS) is 13.0. The first kappa shape index (κ1) is 25.4. The molecule has 2 N–H and O–H groups in total. The Kier molecular flexibility index (Phi) is 7.45. The molecule has 0 spiro atoms. The van der Waals surface area contributed by atoms with Gasteiger partial charge in [-0.15, -0.1) is 0 Å². The Morgan fingerprint density at radius 2 is 1.56 bits per heavy atom. The third-order valence-electron chi connectivity index (χ3n) is 5.73. The van der Waals surface area contributed by atoms with Crippen molar-refractivity contribution < 1.29 is 18.0 Å². The highest BCUT2D eigenvalue weighted by molar-refractivity contribution is 9.10. The van der Waals surface area contributed by atoms with E-state index in [1.54, 1.807) is 49.4 Å². The number of benzene rings is 3. The second kappa shape index (κ2) is 10.5. The molecular formula is C28H23BrF3N3O. The van der Waals surface area contributed by atoms with Gasteiger partial charge < -0.3 is 10.6 Å². The molecule has 0 aliphatic rings. The predicted octanol–water partition coefficient (Wildman–Crippen LogP) is 7.48. The number of rotatable bonds is 6. The van der Waals surface area contributed by atoms with E-state index in [4.69, 9.17) is 0 Å². The van der Waals surface area contributed by atoms with Gasteiger partial charge in [0.1, 0.15) is 5.54 Å². The fraction of sp³-hybridized carbons (Fsp3) is 0.143. The first-order valence-electron chi connectivity index (χ1n) is 11.2. The van der Waals surface area contributed by atoms with Crippen LogP contribution in [0.5, 0.6) is 0 Å². The number of urea groups is 1. The van der Waals surface area contributed by atoms with Crippen LogP contribution in [-0.2, 0) is 18.1 Å². The summed E-state index contributed by atoms with van der Waals surface area (Å²) in [5, 5.41) is 5.78. The second-order valence-corrected chi connectivity index (χ2v) is 9.32. The van der Waals surface area contributed by atoms with Crippen molar-refractivity contribution in [2.45, 2.75) is 25.1 Å². The summed E-state index contributed by atoms with van der Waals surface area (Å²) in [5.74, 6) is 0. The van der Waals surface area contributed by atoms with Crippen molar-refractivity contribution in [2.75, 3.05) is 5.32 Å². The van der Waals surface area contributed by atoms with Crippen LogP contribution in [0.1, 0.15) is 28.1 Å². The number of amides is 2. The van der Waals surface area contributed by atoms with E-state index in [9.17, 15) is 18.0 Å². The van der Waals surface area contributed by atoms with Crippen LogP contribution in [0.3, 0.4) is 0 Å². The number of carbonyl (C=O) groups excluding carboxylic acids is 1. The van der Waals surface area contributed by atoms with E-state index in [0.717, 1.165) is 22.2 Å². The molecule has 4 nitrogen and oxygen atoms in total. The van der Waals surface area contributed by atoms with E-state index < -0.39 is 23.3 Å². The quantitative estimate of drug-likeness (QED) is 0.260. The van der Waals surface area contributed by atoms with Crippen molar-refractivity contribution in [1.82, 2.24) is 10.3 Å². The topological polar surface area (TPSA) is 54.0 Å². The summed E-state index contributed by atoms with van der Waals surface area (Å²) in [6.07, 6.45) is -4.37. The minimum absolute atomic E-state index is 0.178. The molecule has 0 saturated carbocycles. The maximum Gasteiger partial charge on any atom is 0.416 e. The smallest absolute Gasteiger partial charge is 0.322 e. The number of nitrogens with zero attached hydrogens (tertiary/aromatic N) is 1. The van der Waals surface area contributed by atoms with Gasteiger partial charge in [0, 0.05) is 22.3 Å². The van der Waals surface area contributed by atoms with Gasteiger partial charge in [0.2, 0.25) is 0 Å². The number of nitrogens with one attached hydrogen (secondary N) is 2. The fourth-order valence-electron chi connectivity index (χ4n) is 4.09. The number of aromatic nitrogens is 1. The Morgan fingerprint density at radius 1 is 0.861 bits per heavy atom. The highest BCUT2D eigenvalue weighted by atomic mass is 79.9. The molecule has 3 aromatic carbocycles. The minimum Gasteiger partial charge on any atom is -0.322 e. The SMILES string of the molecule is Cc1cccc(C(Cc2ccccc2)(NC(=O)Nc2cccc(Br)c2)c2cccc(C(F)(F)F)c2)n1. The van der Waals surface area contributed by atoms with Crippen molar-refractivity contribution in [3.8, 4) is 0 Å². The van der Waals surface area contributed by atoms with E-state index >= 15 is 0 Å². The molecule has 0 fully saturated rings. The Labute approximate surface area is 215 Å². The van der Waals surface area contributed by atoms with Crippen molar-refractivity contribution in [1.29, 1.82) is 0 Å². The number of alkyl halides is 3. The molecule has 8 heteroatoms. The average Bonchev–Trinajstić information content (AvgIpc) is 2.84. The van der Waals surface area contributed by atoms with Gasteiger partial charge in [-0.1, -0.05) is 70.5 Å². The third-order valence-corrected chi connectivity index (χ3v) is 6.22. The average molecular weight is 554 g/mol. The Balaban J connectivity index is 1.88. The zero-order valence-electron chi connectivity index (χ0n) is 19.3. The number of carbonyl (C=O) groups is 1. The summed E-state index contributed by atoms with van der Waals surface area (Å²) in [6.45, 7) is 1.80. The second-order valence-electron chi connectivity index (χ2n) is 8.40. The number of aryl methyl sites for hydroxylation is 1. The molecule has 36 heavy (non-hydrogen) atoms. The molecule has 1 aromatic heterocycles. The minimum atomic E-state index is -4.55. The molecule has 0 saturated heterocycles. The molecule has 0 bridgehead atoms. The predicted molar refractivity (Wildman–Crippen MR) is 138 cm³/mol. The number of halogens is 4. The molecule has 4 rings (SSSR count). The molecule has 2 amide bonds. The van der Waals surface area contributed by atoms with Gasteiger partial charge in [0.25, 0.3) is 0 Å². The largest absolute Gasteiger partial charge is 0.416 e. The van der Waals surface area contributed by atoms with Crippen molar-refractivity contribution in [3.05, 3.63) is 130 Å². The lowest BCUT2D eigenvalue weighted by Gasteiger charge is -2.36. The Bertz CT molecular complexity index is 1360. The van der Waals surface area contributed by atoms with Gasteiger partial charge in [-0.25, -0.2) is 4.79 Å². The Hall–Kier alpha value is -3.65. The third kappa shape index (κ3) is 5.94. The molecule has 0 aliphatic carbocycles. The van der Waals surface area contributed by atoms with Gasteiger partial charge in [0.15, 0.2) is 0 Å². The van der Waals surface area contributed by atoms with E-state index in [0.29, 0.717) is 17.1 Å². The van der Waals surface area contributed by atoms with Crippen LogP contribution < -0.4 is 10.6 Å². The number of hydrogen-bond acceptors (Lipinski definition) is 2. The van der Waals surface area contributed by atoms with Crippen LogP contribution in [0.15, 0.2) is 102 Å². The first-order valence-corrected chi connectivity index (χ1v) is 12.0. The molecule has 4 aromatic rings. The summed E-state index contributed by atoms with van der Waals surface area (Å²) in [5.41, 5.74) is 0.506. The monoisotopic (exact) mass is 553 g/mol. The van der Waals surface area contributed by atoms with Gasteiger partial charge in [-0.3, -0.25) is 4.98 Å². The molecule has 0 radical (unpaired) electrons. The zero-order valence-corrected chi connectivity index (χ0v) is 20.9. The number of anilines is 1. The number of hydrogen-bond donors (Lipinski definition) is 2. The van der Waals surface area contributed by atoms with Crippen LogP contribution in [0.25, 0.3) is 0 Å². The molecule has 0 aliphatic heterocycles. The van der Waals surface area contributed by atoms with E-state index in [1.807, 2.05) is 36.4 Å². The van der Waals surface area contributed by atoms with Crippen molar-refractivity contribution >= 4 is 27.6 Å². The fourth-order valence-corrected chi connectivity index (χ4v) is 4.49. The van der Waals surface area contributed by atoms with E-state index in [1.165, 1.54) is 6.07 Å². The lowest BCUT2D eigenvalue weighted by Crippen LogP contribution is -2.50. The molecule has 1 heterocycles. The lowest BCUT2D eigenvalue weighted by molar-refractivity contribution is -0.137. The molecule has 1 atom stereocenters. The van der Waals surface area contributed by atoms with Crippen molar-refractivity contribution in [2.24, 2.45) is 0 Å².